The molecule has 2 heterocycles. The molecule has 2 aliphatic rings. The Hall–Kier alpha value is -1.59. The van der Waals surface area contributed by atoms with Crippen molar-refractivity contribution in [1.82, 2.24) is 10.2 Å². The third-order valence-electron chi connectivity index (χ3n) is 4.60. The van der Waals surface area contributed by atoms with E-state index in [4.69, 9.17) is 9.47 Å². The Balaban J connectivity index is 1.32. The minimum absolute atomic E-state index is 0.0578. The Bertz CT molecular complexity index is 488. The lowest BCUT2D eigenvalue weighted by Crippen LogP contribution is -2.40. The highest BCUT2D eigenvalue weighted by Gasteiger charge is 2.27. The van der Waals surface area contributed by atoms with Crippen molar-refractivity contribution in [2.24, 2.45) is 11.8 Å². The SMILES string of the molecule is O=C(NC[C@H]1CCOC1)N1CC[C@@H](COCc2ccccc2)C1. The zero-order valence-corrected chi connectivity index (χ0v) is 13.6. The lowest BCUT2D eigenvalue weighted by atomic mass is 10.1. The summed E-state index contributed by atoms with van der Waals surface area (Å²) in [5.41, 5.74) is 1.19. The van der Waals surface area contributed by atoms with E-state index >= 15 is 0 Å². The second-order valence-electron chi connectivity index (χ2n) is 6.52. The Morgan fingerprint density at radius 3 is 2.91 bits per heavy atom. The van der Waals surface area contributed by atoms with Crippen LogP contribution in [-0.4, -0.2) is 50.4 Å². The quantitative estimate of drug-likeness (QED) is 0.875. The average Bonchev–Trinajstić information content (AvgIpc) is 3.25. The van der Waals surface area contributed by atoms with Gasteiger partial charge in [0, 0.05) is 38.1 Å². The number of carbonyl (C=O) groups excluding carboxylic acids is 1. The van der Waals surface area contributed by atoms with E-state index in [1.165, 1.54) is 5.56 Å². The maximum absolute atomic E-state index is 12.2. The van der Waals surface area contributed by atoms with Crippen molar-refractivity contribution in [2.45, 2.75) is 19.4 Å². The first-order chi connectivity index (χ1) is 11.3. The molecule has 2 saturated heterocycles. The van der Waals surface area contributed by atoms with Crippen LogP contribution < -0.4 is 5.32 Å². The fourth-order valence-corrected chi connectivity index (χ4v) is 3.16. The van der Waals surface area contributed by atoms with Gasteiger partial charge in [0.2, 0.25) is 0 Å². The predicted octanol–water partition coefficient (Wildman–Crippen LogP) is 2.27. The Morgan fingerprint density at radius 1 is 1.26 bits per heavy atom. The fourth-order valence-electron chi connectivity index (χ4n) is 3.16. The standard InChI is InChI=1S/C18H26N2O3/c21-18(19-10-16-7-9-22-13-16)20-8-6-17(11-20)14-23-12-15-4-2-1-3-5-15/h1-5,16-17H,6-14H2,(H,19,21)/t16-,17-/m1/s1. The van der Waals surface area contributed by atoms with Crippen molar-refractivity contribution in [3.8, 4) is 0 Å². The molecule has 1 aromatic carbocycles. The number of hydrogen-bond acceptors (Lipinski definition) is 3. The summed E-state index contributed by atoms with van der Waals surface area (Å²) < 4.78 is 11.1. The average molecular weight is 318 g/mol. The molecule has 2 amide bonds. The smallest absolute Gasteiger partial charge is 0.317 e. The number of ether oxygens (including phenoxy) is 2. The zero-order valence-electron chi connectivity index (χ0n) is 13.6. The van der Waals surface area contributed by atoms with Crippen LogP contribution in [0.5, 0.6) is 0 Å². The van der Waals surface area contributed by atoms with Crippen LogP contribution in [-0.2, 0) is 16.1 Å². The Labute approximate surface area is 137 Å². The molecule has 0 radical (unpaired) electrons. The van der Waals surface area contributed by atoms with Gasteiger partial charge in [-0.1, -0.05) is 30.3 Å². The number of hydrogen-bond donors (Lipinski definition) is 1. The van der Waals surface area contributed by atoms with E-state index in [0.717, 1.165) is 52.3 Å². The maximum Gasteiger partial charge on any atom is 0.317 e. The monoisotopic (exact) mass is 318 g/mol. The lowest BCUT2D eigenvalue weighted by molar-refractivity contribution is 0.0897. The zero-order chi connectivity index (χ0) is 15.9. The number of nitrogens with one attached hydrogen (secondary N) is 1. The summed E-state index contributed by atoms with van der Waals surface area (Å²) in [6, 6.07) is 10.3. The third-order valence-corrected chi connectivity index (χ3v) is 4.60. The van der Waals surface area contributed by atoms with E-state index in [1.54, 1.807) is 0 Å². The van der Waals surface area contributed by atoms with E-state index < -0.39 is 0 Å². The minimum atomic E-state index is 0.0578. The summed E-state index contributed by atoms with van der Waals surface area (Å²) in [5.74, 6) is 0.922. The highest BCUT2D eigenvalue weighted by Crippen LogP contribution is 2.18. The maximum atomic E-state index is 12.2. The van der Waals surface area contributed by atoms with Gasteiger partial charge in [0.15, 0.2) is 0 Å². The molecule has 0 spiro atoms. The van der Waals surface area contributed by atoms with Crippen LogP contribution in [0.2, 0.25) is 0 Å². The summed E-state index contributed by atoms with van der Waals surface area (Å²) in [4.78, 5) is 14.1. The molecular weight excluding hydrogens is 292 g/mol. The minimum Gasteiger partial charge on any atom is -0.381 e. The fraction of sp³-hybridized carbons (Fsp3) is 0.611. The number of nitrogens with zero attached hydrogens (tertiary/aromatic N) is 1. The molecule has 2 aliphatic heterocycles. The van der Waals surface area contributed by atoms with Crippen LogP contribution in [0, 0.1) is 11.8 Å². The number of amides is 2. The molecule has 5 heteroatoms. The first kappa shape index (κ1) is 16.3. The number of benzene rings is 1. The number of rotatable bonds is 6. The topological polar surface area (TPSA) is 50.8 Å². The Kier molecular flexibility index (Phi) is 5.88. The van der Waals surface area contributed by atoms with E-state index in [9.17, 15) is 4.79 Å². The van der Waals surface area contributed by atoms with Gasteiger partial charge in [-0.15, -0.1) is 0 Å². The molecule has 23 heavy (non-hydrogen) atoms. The van der Waals surface area contributed by atoms with Crippen LogP contribution in [0.4, 0.5) is 4.79 Å². The van der Waals surface area contributed by atoms with Gasteiger partial charge in [0.25, 0.3) is 0 Å². The molecule has 5 nitrogen and oxygen atoms in total. The molecule has 0 unspecified atom stereocenters. The van der Waals surface area contributed by atoms with E-state index in [-0.39, 0.29) is 6.03 Å². The van der Waals surface area contributed by atoms with Crippen molar-refractivity contribution in [2.75, 3.05) is 39.5 Å². The van der Waals surface area contributed by atoms with Crippen LogP contribution in [0.3, 0.4) is 0 Å². The second-order valence-corrected chi connectivity index (χ2v) is 6.52. The van der Waals surface area contributed by atoms with Crippen molar-refractivity contribution in [3.63, 3.8) is 0 Å². The van der Waals surface area contributed by atoms with Gasteiger partial charge in [0.1, 0.15) is 0 Å². The van der Waals surface area contributed by atoms with Crippen LogP contribution in [0.25, 0.3) is 0 Å². The predicted molar refractivity (Wildman–Crippen MR) is 88.1 cm³/mol. The molecular formula is C18H26N2O3. The number of carbonyl (C=O) groups is 1. The number of likely N-dealkylation sites (tertiary alicyclic amines) is 1. The summed E-state index contributed by atoms with van der Waals surface area (Å²) in [6.45, 7) is 5.31. The first-order valence-corrected chi connectivity index (χ1v) is 8.53. The molecule has 2 atom stereocenters. The van der Waals surface area contributed by atoms with Crippen LogP contribution in [0.1, 0.15) is 18.4 Å². The van der Waals surface area contributed by atoms with Crippen LogP contribution in [0.15, 0.2) is 30.3 Å². The Morgan fingerprint density at radius 2 is 2.13 bits per heavy atom. The molecule has 1 aromatic rings. The molecule has 0 bridgehead atoms. The van der Waals surface area contributed by atoms with Gasteiger partial charge < -0.3 is 19.7 Å². The molecule has 0 aromatic heterocycles. The molecule has 126 valence electrons. The number of urea groups is 1. The highest BCUT2D eigenvalue weighted by atomic mass is 16.5. The molecule has 3 rings (SSSR count). The molecule has 0 saturated carbocycles. The first-order valence-electron chi connectivity index (χ1n) is 8.53. The van der Waals surface area contributed by atoms with E-state index in [2.05, 4.69) is 17.4 Å². The second kappa shape index (κ2) is 8.31. The van der Waals surface area contributed by atoms with E-state index in [1.807, 2.05) is 23.1 Å². The summed E-state index contributed by atoms with van der Waals surface area (Å²) in [7, 11) is 0. The van der Waals surface area contributed by atoms with Gasteiger partial charge in [-0.3, -0.25) is 0 Å². The van der Waals surface area contributed by atoms with Gasteiger partial charge in [-0.05, 0) is 18.4 Å². The molecule has 0 aliphatic carbocycles. The largest absolute Gasteiger partial charge is 0.381 e. The van der Waals surface area contributed by atoms with Crippen molar-refractivity contribution in [3.05, 3.63) is 35.9 Å². The van der Waals surface area contributed by atoms with Gasteiger partial charge >= 0.3 is 6.03 Å². The molecule has 2 fully saturated rings. The van der Waals surface area contributed by atoms with Gasteiger partial charge in [0.05, 0.1) is 19.8 Å². The van der Waals surface area contributed by atoms with Crippen molar-refractivity contribution < 1.29 is 14.3 Å². The van der Waals surface area contributed by atoms with Gasteiger partial charge in [-0.25, -0.2) is 4.79 Å². The van der Waals surface area contributed by atoms with Crippen molar-refractivity contribution >= 4 is 6.03 Å². The lowest BCUT2D eigenvalue weighted by Gasteiger charge is -2.19. The van der Waals surface area contributed by atoms with Crippen LogP contribution >= 0.6 is 0 Å². The van der Waals surface area contributed by atoms with E-state index in [0.29, 0.717) is 18.4 Å². The summed E-state index contributed by atoms with van der Waals surface area (Å²) >= 11 is 0. The van der Waals surface area contributed by atoms with Gasteiger partial charge in [-0.2, -0.15) is 0 Å². The molecule has 1 N–H and O–H groups in total. The summed E-state index contributed by atoms with van der Waals surface area (Å²) in [5, 5.41) is 3.04. The van der Waals surface area contributed by atoms with Crippen molar-refractivity contribution in [1.29, 1.82) is 0 Å². The third kappa shape index (κ3) is 4.94. The highest BCUT2D eigenvalue weighted by molar-refractivity contribution is 5.74. The summed E-state index contributed by atoms with van der Waals surface area (Å²) in [6.07, 6.45) is 2.07. The normalized spacial score (nSPS) is 24.1.